The molecule has 3 heterocycles. The van der Waals surface area contributed by atoms with Crippen molar-refractivity contribution in [3.63, 3.8) is 0 Å². The van der Waals surface area contributed by atoms with Crippen molar-refractivity contribution in [3.8, 4) is 11.5 Å². The number of nitrogens with zero attached hydrogens (tertiary/aromatic N) is 1. The molecule has 4 rings (SSSR count). The van der Waals surface area contributed by atoms with Crippen LogP contribution in [0, 0.1) is 0 Å². The number of carbonyl (C=O) groups excluding carboxylic acids is 4. The van der Waals surface area contributed by atoms with Crippen LogP contribution in [0.5, 0.6) is 11.5 Å². The second-order valence-electron chi connectivity index (χ2n) is 7.41. The van der Waals surface area contributed by atoms with Gasteiger partial charge in [-0.15, -0.1) is 0 Å². The predicted octanol–water partition coefficient (Wildman–Crippen LogP) is 0.785. The van der Waals surface area contributed by atoms with Gasteiger partial charge >= 0.3 is 0 Å². The molecule has 2 fully saturated rings. The van der Waals surface area contributed by atoms with Crippen molar-refractivity contribution in [2.75, 3.05) is 11.7 Å². The second kappa shape index (κ2) is 7.73. The maximum absolute atomic E-state index is 13.3. The number of hydrogen-bond acceptors (Lipinski definition) is 6. The molecule has 0 unspecified atom stereocenters. The molecule has 1 aromatic carbocycles. The van der Waals surface area contributed by atoms with Gasteiger partial charge in [-0.05, 0) is 30.9 Å². The summed E-state index contributed by atoms with van der Waals surface area (Å²) in [6.07, 6.45) is 2.54. The van der Waals surface area contributed by atoms with E-state index in [0.717, 1.165) is 16.9 Å². The normalized spacial score (nSPS) is 22.4. The fraction of sp³-hybridized carbons (Fsp3) is 0.500. The first-order valence-corrected chi connectivity index (χ1v) is 9.87. The zero-order valence-electron chi connectivity index (χ0n) is 16.2. The maximum Gasteiger partial charge on any atom is 0.256 e. The summed E-state index contributed by atoms with van der Waals surface area (Å²) < 4.78 is 10.9. The number of nitrogens with one attached hydrogen (secondary N) is 2. The van der Waals surface area contributed by atoms with Gasteiger partial charge in [0, 0.05) is 18.9 Å². The lowest BCUT2D eigenvalue weighted by atomic mass is 10.0. The Kier molecular flexibility index (Phi) is 5.12. The molecule has 9 nitrogen and oxygen atoms in total. The third-order valence-corrected chi connectivity index (χ3v) is 5.36. The monoisotopic (exact) mass is 401 g/mol. The van der Waals surface area contributed by atoms with Crippen LogP contribution < -0.4 is 25.0 Å². The van der Waals surface area contributed by atoms with Crippen molar-refractivity contribution in [3.05, 3.63) is 17.7 Å². The molecule has 9 heteroatoms. The van der Waals surface area contributed by atoms with E-state index in [9.17, 15) is 19.2 Å². The molecule has 29 heavy (non-hydrogen) atoms. The number of fused-ring (bicyclic) bond motifs is 1. The number of anilines is 1. The Balaban J connectivity index is 1.75. The van der Waals surface area contributed by atoms with Crippen molar-refractivity contribution >= 4 is 29.3 Å². The van der Waals surface area contributed by atoms with Gasteiger partial charge in [-0.3, -0.25) is 19.2 Å². The molecule has 154 valence electrons. The zero-order chi connectivity index (χ0) is 20.5. The van der Waals surface area contributed by atoms with Crippen molar-refractivity contribution < 1.29 is 28.7 Å². The van der Waals surface area contributed by atoms with E-state index < -0.39 is 23.9 Å². The fourth-order valence-corrected chi connectivity index (χ4v) is 3.91. The molecule has 0 aliphatic carbocycles. The van der Waals surface area contributed by atoms with Gasteiger partial charge < -0.3 is 20.1 Å². The molecule has 2 N–H and O–H groups in total. The molecule has 0 bridgehead atoms. The Morgan fingerprint density at radius 3 is 2.03 bits per heavy atom. The topological polar surface area (TPSA) is 114 Å². The summed E-state index contributed by atoms with van der Waals surface area (Å²) >= 11 is 0. The number of amides is 4. The molecule has 0 spiro atoms. The highest BCUT2D eigenvalue weighted by Crippen LogP contribution is 2.40. The van der Waals surface area contributed by atoms with E-state index >= 15 is 0 Å². The number of aryl methyl sites for hydroxylation is 1. The number of ether oxygens (including phenoxy) is 2. The summed E-state index contributed by atoms with van der Waals surface area (Å²) in [5.74, 6) is -0.415. The van der Waals surface area contributed by atoms with Crippen LogP contribution in [-0.4, -0.2) is 42.5 Å². The molecular formula is C20H23N3O6. The molecule has 0 saturated carbocycles. The quantitative estimate of drug-likeness (QED) is 0.705. The maximum atomic E-state index is 13.3. The minimum absolute atomic E-state index is 0.0730. The van der Waals surface area contributed by atoms with Crippen LogP contribution in [0.4, 0.5) is 5.69 Å². The lowest BCUT2D eigenvalue weighted by Gasteiger charge is -2.28. The highest BCUT2D eigenvalue weighted by molar-refractivity contribution is 6.20. The third kappa shape index (κ3) is 3.64. The molecule has 2 atom stereocenters. The Labute approximate surface area is 167 Å². The minimum Gasteiger partial charge on any atom is -0.454 e. The largest absolute Gasteiger partial charge is 0.454 e. The lowest BCUT2D eigenvalue weighted by Crippen LogP contribution is -2.53. The van der Waals surface area contributed by atoms with E-state index in [-0.39, 0.29) is 31.4 Å². The van der Waals surface area contributed by atoms with Gasteiger partial charge in [-0.25, -0.2) is 4.90 Å². The van der Waals surface area contributed by atoms with Crippen LogP contribution in [-0.2, 0) is 25.6 Å². The van der Waals surface area contributed by atoms with Crippen LogP contribution in [0.2, 0.25) is 0 Å². The summed E-state index contributed by atoms with van der Waals surface area (Å²) in [5, 5.41) is 5.27. The van der Waals surface area contributed by atoms with E-state index in [1.165, 1.54) is 0 Å². The fourth-order valence-electron chi connectivity index (χ4n) is 3.91. The van der Waals surface area contributed by atoms with Crippen LogP contribution in [0.15, 0.2) is 12.1 Å². The standard InChI is InChI=1S/C20H23N3O6/c1-2-3-11-8-15-16(29-10-28-15)9-14(11)23(19(26)12-4-6-17(24)21-12)20(27)13-5-7-18(25)22-13/h8-9,12-13H,2-7,10H2,1H3,(H,21,24)(H,22,25)/t12-,13+. The first-order chi connectivity index (χ1) is 14.0. The van der Waals surface area contributed by atoms with Gasteiger partial charge in [0.25, 0.3) is 11.8 Å². The van der Waals surface area contributed by atoms with Crippen molar-refractivity contribution in [1.82, 2.24) is 10.6 Å². The van der Waals surface area contributed by atoms with Gasteiger partial charge in [0.15, 0.2) is 11.5 Å². The molecule has 1 aromatic rings. The summed E-state index contributed by atoms with van der Waals surface area (Å²) in [4.78, 5) is 51.1. The van der Waals surface area contributed by atoms with Gasteiger partial charge in [-0.2, -0.15) is 0 Å². The number of carbonyl (C=O) groups is 4. The van der Waals surface area contributed by atoms with E-state index in [1.54, 1.807) is 12.1 Å². The van der Waals surface area contributed by atoms with E-state index in [0.29, 0.717) is 36.4 Å². The van der Waals surface area contributed by atoms with E-state index in [1.807, 2.05) is 6.92 Å². The molecule has 4 amide bonds. The van der Waals surface area contributed by atoms with Gasteiger partial charge in [0.1, 0.15) is 12.1 Å². The summed E-state index contributed by atoms with van der Waals surface area (Å²) in [6.45, 7) is 2.07. The van der Waals surface area contributed by atoms with E-state index in [4.69, 9.17) is 9.47 Å². The smallest absolute Gasteiger partial charge is 0.256 e. The third-order valence-electron chi connectivity index (χ3n) is 5.36. The molecule has 0 radical (unpaired) electrons. The minimum atomic E-state index is -0.775. The summed E-state index contributed by atoms with van der Waals surface area (Å²) in [7, 11) is 0. The van der Waals surface area contributed by atoms with E-state index in [2.05, 4.69) is 10.6 Å². The Hall–Kier alpha value is -3.10. The van der Waals surface area contributed by atoms with Crippen molar-refractivity contribution in [1.29, 1.82) is 0 Å². The van der Waals surface area contributed by atoms with Crippen LogP contribution in [0.1, 0.15) is 44.6 Å². The summed E-state index contributed by atoms with van der Waals surface area (Å²) in [5.41, 5.74) is 1.18. The van der Waals surface area contributed by atoms with Crippen LogP contribution >= 0.6 is 0 Å². The van der Waals surface area contributed by atoms with Gasteiger partial charge in [0.2, 0.25) is 18.6 Å². The molecular weight excluding hydrogens is 378 g/mol. The van der Waals surface area contributed by atoms with Crippen LogP contribution in [0.3, 0.4) is 0 Å². The Bertz CT molecular complexity index is 845. The lowest BCUT2D eigenvalue weighted by molar-refractivity contribution is -0.130. The van der Waals surface area contributed by atoms with Crippen molar-refractivity contribution in [2.24, 2.45) is 0 Å². The predicted molar refractivity (Wildman–Crippen MR) is 101 cm³/mol. The number of benzene rings is 1. The number of rotatable bonds is 5. The van der Waals surface area contributed by atoms with Crippen molar-refractivity contribution in [2.45, 2.75) is 57.5 Å². The highest BCUT2D eigenvalue weighted by atomic mass is 16.7. The highest BCUT2D eigenvalue weighted by Gasteiger charge is 2.40. The molecule has 3 aliphatic heterocycles. The SMILES string of the molecule is CCCc1cc2c(cc1N(C(=O)[C@@H]1CCC(=O)N1)C(=O)[C@H]1CCC(=O)N1)OCO2. The number of imide groups is 1. The molecule has 3 aliphatic rings. The molecule has 2 saturated heterocycles. The Morgan fingerprint density at radius 1 is 1.00 bits per heavy atom. The van der Waals surface area contributed by atoms with Gasteiger partial charge in [0.05, 0.1) is 5.69 Å². The number of hydrogen-bond donors (Lipinski definition) is 2. The Morgan fingerprint density at radius 2 is 1.55 bits per heavy atom. The van der Waals surface area contributed by atoms with Crippen LogP contribution in [0.25, 0.3) is 0 Å². The molecule has 0 aromatic heterocycles. The summed E-state index contributed by atoms with van der Waals surface area (Å²) in [6, 6.07) is 1.87. The first kappa shape index (κ1) is 19.2. The second-order valence-corrected chi connectivity index (χ2v) is 7.41. The van der Waals surface area contributed by atoms with Gasteiger partial charge in [-0.1, -0.05) is 13.3 Å². The zero-order valence-corrected chi connectivity index (χ0v) is 16.2. The average Bonchev–Trinajstić information content (AvgIpc) is 3.43. The average molecular weight is 401 g/mol. The first-order valence-electron chi connectivity index (χ1n) is 9.87.